The fraction of sp³-hybridized carbons (Fsp3) is 0.250. The van der Waals surface area contributed by atoms with E-state index >= 15 is 0 Å². The van der Waals surface area contributed by atoms with Gasteiger partial charge in [0.05, 0.1) is 6.04 Å². The molecule has 0 aliphatic carbocycles. The van der Waals surface area contributed by atoms with Crippen molar-refractivity contribution < 1.29 is 14.3 Å². The van der Waals surface area contributed by atoms with Gasteiger partial charge >= 0.3 is 0 Å². The molecule has 0 bridgehead atoms. The van der Waals surface area contributed by atoms with Crippen molar-refractivity contribution in [3.63, 3.8) is 0 Å². The zero-order valence-corrected chi connectivity index (χ0v) is 13.6. The average Bonchev–Trinajstić information content (AvgIpc) is 3.17. The summed E-state index contributed by atoms with van der Waals surface area (Å²) in [6.07, 6.45) is 2.69. The van der Waals surface area contributed by atoms with Crippen LogP contribution in [0.15, 0.2) is 55.1 Å². The van der Waals surface area contributed by atoms with Crippen molar-refractivity contribution in [1.29, 1.82) is 0 Å². The van der Waals surface area contributed by atoms with Crippen LogP contribution in [0.25, 0.3) is 0 Å². The summed E-state index contributed by atoms with van der Waals surface area (Å²) in [4.78, 5) is 14.4. The minimum atomic E-state index is -0.00734. The van der Waals surface area contributed by atoms with Gasteiger partial charge in [-0.05, 0) is 35.7 Å². The number of hydrogen-bond acceptors (Lipinski definition) is 3. The number of allylic oxidation sites excluding steroid dienone is 1. The predicted octanol–water partition coefficient (Wildman–Crippen LogP) is 3.90. The molecule has 0 saturated heterocycles. The maximum absolute atomic E-state index is 12.6. The lowest BCUT2D eigenvalue weighted by Crippen LogP contribution is -2.27. The summed E-state index contributed by atoms with van der Waals surface area (Å²) in [6.45, 7) is 4.17. The molecule has 2 unspecified atom stereocenters. The van der Waals surface area contributed by atoms with Crippen LogP contribution in [0.5, 0.6) is 11.5 Å². The largest absolute Gasteiger partial charge is 0.454 e. The first-order valence-electron chi connectivity index (χ1n) is 8.07. The Labute approximate surface area is 141 Å². The molecular weight excluding hydrogens is 302 g/mol. The molecule has 4 nitrogen and oxygen atoms in total. The summed E-state index contributed by atoms with van der Waals surface area (Å²) in [5.41, 5.74) is 3.00. The molecule has 1 amide bonds. The molecule has 2 aromatic rings. The summed E-state index contributed by atoms with van der Waals surface area (Å²) in [5, 5.41) is 0. The summed E-state index contributed by atoms with van der Waals surface area (Å²) in [6, 6.07) is 13.9. The number of fused-ring (bicyclic) bond motifs is 2. The van der Waals surface area contributed by atoms with Gasteiger partial charge in [0, 0.05) is 18.5 Å². The minimum absolute atomic E-state index is 0.00734. The molecule has 4 heteroatoms. The van der Waals surface area contributed by atoms with E-state index in [-0.39, 0.29) is 24.7 Å². The number of rotatable bonds is 4. The molecule has 2 aliphatic heterocycles. The Balaban J connectivity index is 1.79. The van der Waals surface area contributed by atoms with Gasteiger partial charge in [-0.25, -0.2) is 0 Å². The van der Waals surface area contributed by atoms with E-state index in [0.29, 0.717) is 0 Å². The fourth-order valence-corrected chi connectivity index (χ4v) is 3.73. The second-order valence-electron chi connectivity index (χ2n) is 6.19. The van der Waals surface area contributed by atoms with E-state index in [2.05, 4.69) is 12.6 Å². The van der Waals surface area contributed by atoms with Gasteiger partial charge < -0.3 is 14.4 Å². The maximum atomic E-state index is 12.6. The van der Waals surface area contributed by atoms with Crippen molar-refractivity contribution in [2.24, 2.45) is 0 Å². The number of amides is 1. The Bertz CT molecular complexity index is 814. The molecule has 0 N–H and O–H groups in total. The number of likely N-dealkylation sites (N-methyl/N-ethyl adjacent to an activating group) is 1. The lowest BCUT2D eigenvalue weighted by atomic mass is 9.84. The molecule has 122 valence electrons. The Morgan fingerprint density at radius 3 is 2.88 bits per heavy atom. The van der Waals surface area contributed by atoms with Gasteiger partial charge in [0.15, 0.2) is 11.5 Å². The third-order valence-electron chi connectivity index (χ3n) is 4.87. The number of benzene rings is 2. The molecule has 2 heterocycles. The number of ether oxygens (including phenoxy) is 2. The molecule has 0 fully saturated rings. The molecule has 24 heavy (non-hydrogen) atoms. The van der Waals surface area contributed by atoms with E-state index in [1.807, 2.05) is 54.4 Å². The third-order valence-corrected chi connectivity index (χ3v) is 4.87. The van der Waals surface area contributed by atoms with Gasteiger partial charge in [-0.1, -0.05) is 30.3 Å². The molecule has 0 radical (unpaired) electrons. The molecule has 2 aliphatic rings. The van der Waals surface area contributed by atoms with Crippen LogP contribution in [0.4, 0.5) is 0 Å². The Hall–Kier alpha value is -2.75. The SMILES string of the molecule is C=CCC(c1ccc2c(c1)OCO2)C1c2ccccc2C(=O)N1C. The first-order chi connectivity index (χ1) is 11.7. The summed E-state index contributed by atoms with van der Waals surface area (Å²) >= 11 is 0. The lowest BCUT2D eigenvalue weighted by Gasteiger charge is -2.29. The van der Waals surface area contributed by atoms with Crippen LogP contribution in [0.3, 0.4) is 0 Å². The molecule has 0 aromatic heterocycles. The van der Waals surface area contributed by atoms with Crippen LogP contribution in [0, 0.1) is 0 Å². The standard InChI is InChI=1S/C20H19NO3/c1-3-6-14(13-9-10-17-18(11-13)24-12-23-17)19-15-7-4-5-8-16(15)20(22)21(19)2/h3-5,7-11,14,19H,1,6,12H2,2H3. The first-order valence-corrected chi connectivity index (χ1v) is 8.07. The second kappa shape index (κ2) is 5.71. The minimum Gasteiger partial charge on any atom is -0.454 e. The molecule has 0 spiro atoms. The highest BCUT2D eigenvalue weighted by Crippen LogP contribution is 2.46. The van der Waals surface area contributed by atoms with Crippen LogP contribution in [-0.2, 0) is 0 Å². The van der Waals surface area contributed by atoms with Crippen molar-refractivity contribution in [3.05, 3.63) is 71.8 Å². The van der Waals surface area contributed by atoms with Crippen LogP contribution in [-0.4, -0.2) is 24.6 Å². The predicted molar refractivity (Wildman–Crippen MR) is 91.4 cm³/mol. The monoisotopic (exact) mass is 321 g/mol. The van der Waals surface area contributed by atoms with Gasteiger partial charge in [-0.15, -0.1) is 6.58 Å². The summed E-state index contributed by atoms with van der Waals surface area (Å²) < 4.78 is 10.9. The average molecular weight is 321 g/mol. The number of hydrogen-bond donors (Lipinski definition) is 0. The molecule has 4 rings (SSSR count). The molecule has 2 aromatic carbocycles. The van der Waals surface area contributed by atoms with Gasteiger partial charge in [0.2, 0.25) is 6.79 Å². The van der Waals surface area contributed by atoms with Gasteiger partial charge in [-0.3, -0.25) is 4.79 Å². The quantitative estimate of drug-likeness (QED) is 0.802. The Kier molecular flexibility index (Phi) is 3.53. The number of carbonyl (C=O) groups excluding carboxylic acids is 1. The maximum Gasteiger partial charge on any atom is 0.254 e. The van der Waals surface area contributed by atoms with E-state index < -0.39 is 0 Å². The zero-order chi connectivity index (χ0) is 16.7. The third kappa shape index (κ3) is 2.18. The topological polar surface area (TPSA) is 38.8 Å². The van der Waals surface area contributed by atoms with Gasteiger partial charge in [-0.2, -0.15) is 0 Å². The fourth-order valence-electron chi connectivity index (χ4n) is 3.73. The normalized spacial score (nSPS) is 19.3. The van der Waals surface area contributed by atoms with Crippen molar-refractivity contribution in [2.45, 2.75) is 18.4 Å². The van der Waals surface area contributed by atoms with Gasteiger partial charge in [0.25, 0.3) is 5.91 Å². The number of carbonyl (C=O) groups is 1. The highest BCUT2D eigenvalue weighted by atomic mass is 16.7. The van der Waals surface area contributed by atoms with Crippen LogP contribution < -0.4 is 9.47 Å². The smallest absolute Gasteiger partial charge is 0.254 e. The van der Waals surface area contributed by atoms with Crippen LogP contribution in [0.2, 0.25) is 0 Å². The van der Waals surface area contributed by atoms with E-state index in [4.69, 9.17) is 9.47 Å². The Morgan fingerprint density at radius 1 is 1.25 bits per heavy atom. The van der Waals surface area contributed by atoms with E-state index in [9.17, 15) is 4.79 Å². The van der Waals surface area contributed by atoms with Crippen LogP contribution >= 0.6 is 0 Å². The lowest BCUT2D eigenvalue weighted by molar-refractivity contribution is 0.0755. The summed E-state index contributed by atoms with van der Waals surface area (Å²) in [7, 11) is 1.87. The molecule has 0 saturated carbocycles. The van der Waals surface area contributed by atoms with Crippen molar-refractivity contribution in [1.82, 2.24) is 4.90 Å². The molecular formula is C20H19NO3. The Morgan fingerprint density at radius 2 is 2.04 bits per heavy atom. The van der Waals surface area contributed by atoms with Gasteiger partial charge in [0.1, 0.15) is 0 Å². The van der Waals surface area contributed by atoms with Crippen molar-refractivity contribution in [3.8, 4) is 11.5 Å². The van der Waals surface area contributed by atoms with Crippen LogP contribution in [0.1, 0.15) is 39.9 Å². The van der Waals surface area contributed by atoms with E-state index in [1.165, 1.54) is 0 Å². The molecule has 2 atom stereocenters. The van der Waals surface area contributed by atoms with Crippen molar-refractivity contribution in [2.75, 3.05) is 13.8 Å². The zero-order valence-electron chi connectivity index (χ0n) is 13.6. The summed E-state index contributed by atoms with van der Waals surface area (Å²) in [5.74, 6) is 1.73. The highest BCUT2D eigenvalue weighted by Gasteiger charge is 2.39. The van der Waals surface area contributed by atoms with Crippen molar-refractivity contribution >= 4 is 5.91 Å². The van der Waals surface area contributed by atoms with E-state index in [1.54, 1.807) is 0 Å². The first kappa shape index (κ1) is 14.8. The van der Waals surface area contributed by atoms with E-state index in [0.717, 1.165) is 34.6 Å². The second-order valence-corrected chi connectivity index (χ2v) is 6.19. The highest BCUT2D eigenvalue weighted by molar-refractivity contribution is 5.99. The number of nitrogens with zero attached hydrogens (tertiary/aromatic N) is 1.